The third-order valence-corrected chi connectivity index (χ3v) is 6.52. The number of nitrogens with zero attached hydrogens (tertiary/aromatic N) is 2. The van der Waals surface area contributed by atoms with Crippen molar-refractivity contribution in [1.82, 2.24) is 4.98 Å². The van der Waals surface area contributed by atoms with E-state index in [1.54, 1.807) is 50.2 Å². The standard InChI is InChI=1S/C26H26N2O5S/c1-14(2)13-33-20-10-8-18(9-11-20)28-22(17-6-5-7-19(29)12-17)21(24(31)26(28)32)23(30)25-15(3)27-16(4)34-25/h5-12,14,22,29,31H,13H2,1-4H3. The fourth-order valence-corrected chi connectivity index (χ4v) is 4.82. The third kappa shape index (κ3) is 4.41. The van der Waals surface area contributed by atoms with E-state index in [1.807, 2.05) is 0 Å². The van der Waals surface area contributed by atoms with E-state index in [2.05, 4.69) is 18.8 Å². The Morgan fingerprint density at radius 2 is 1.85 bits per heavy atom. The second kappa shape index (κ2) is 9.30. The number of carbonyl (C=O) groups is 2. The lowest BCUT2D eigenvalue weighted by atomic mass is 9.94. The van der Waals surface area contributed by atoms with Gasteiger partial charge in [0.25, 0.3) is 5.91 Å². The maximum Gasteiger partial charge on any atom is 0.294 e. The number of phenols is 1. The van der Waals surface area contributed by atoms with Gasteiger partial charge in [0.15, 0.2) is 5.76 Å². The van der Waals surface area contributed by atoms with Crippen molar-refractivity contribution in [1.29, 1.82) is 0 Å². The molecule has 0 saturated carbocycles. The molecule has 1 amide bonds. The number of benzene rings is 2. The number of amides is 1. The maximum atomic E-state index is 13.6. The fraction of sp³-hybridized carbons (Fsp3) is 0.269. The summed E-state index contributed by atoms with van der Waals surface area (Å²) in [6, 6.07) is 12.3. The van der Waals surface area contributed by atoms with Gasteiger partial charge in [-0.25, -0.2) is 4.98 Å². The summed E-state index contributed by atoms with van der Waals surface area (Å²) in [6.07, 6.45) is 0. The Bertz CT molecular complexity index is 1280. The van der Waals surface area contributed by atoms with Crippen LogP contribution in [0.4, 0.5) is 5.69 Å². The highest BCUT2D eigenvalue weighted by molar-refractivity contribution is 7.14. The fourth-order valence-electron chi connectivity index (χ4n) is 3.94. The van der Waals surface area contributed by atoms with Gasteiger partial charge in [-0.3, -0.25) is 14.5 Å². The van der Waals surface area contributed by atoms with E-state index in [0.717, 1.165) is 0 Å². The number of carbonyl (C=O) groups excluding carboxylic acids is 2. The van der Waals surface area contributed by atoms with Crippen LogP contribution in [0.15, 0.2) is 59.9 Å². The van der Waals surface area contributed by atoms with E-state index in [9.17, 15) is 19.8 Å². The second-order valence-corrected chi connectivity index (χ2v) is 9.81. The van der Waals surface area contributed by atoms with Crippen molar-refractivity contribution in [3.05, 3.63) is 81.0 Å². The Balaban J connectivity index is 1.79. The maximum absolute atomic E-state index is 13.6. The highest BCUT2D eigenvalue weighted by Gasteiger charge is 2.45. The molecule has 1 atom stereocenters. The molecule has 1 aliphatic rings. The number of thiazole rings is 1. The Labute approximate surface area is 202 Å². The zero-order valence-electron chi connectivity index (χ0n) is 19.4. The van der Waals surface area contributed by atoms with Gasteiger partial charge in [0.1, 0.15) is 11.5 Å². The number of aryl methyl sites for hydroxylation is 2. The molecule has 2 aromatic carbocycles. The van der Waals surface area contributed by atoms with Crippen LogP contribution < -0.4 is 9.64 Å². The van der Waals surface area contributed by atoms with Gasteiger partial charge in [0.05, 0.1) is 33.8 Å². The minimum Gasteiger partial charge on any atom is -0.508 e. The molecule has 4 rings (SSSR count). The summed E-state index contributed by atoms with van der Waals surface area (Å²) in [6.45, 7) is 8.18. The molecule has 1 aromatic heterocycles. The Hall–Kier alpha value is -3.65. The van der Waals surface area contributed by atoms with E-state index >= 15 is 0 Å². The molecule has 1 aliphatic heterocycles. The van der Waals surface area contributed by atoms with Crippen molar-refractivity contribution < 1.29 is 24.5 Å². The van der Waals surface area contributed by atoms with Crippen molar-refractivity contribution in [2.45, 2.75) is 33.7 Å². The number of anilines is 1. The molecule has 2 heterocycles. The van der Waals surface area contributed by atoms with Crippen molar-refractivity contribution in [2.75, 3.05) is 11.5 Å². The molecule has 0 fully saturated rings. The average Bonchev–Trinajstić information content (AvgIpc) is 3.27. The summed E-state index contributed by atoms with van der Waals surface area (Å²) in [5, 5.41) is 21.7. The van der Waals surface area contributed by atoms with E-state index in [1.165, 1.54) is 28.4 Å². The highest BCUT2D eigenvalue weighted by atomic mass is 32.1. The zero-order chi connectivity index (χ0) is 24.6. The molecule has 7 nitrogen and oxygen atoms in total. The molecule has 176 valence electrons. The first-order chi connectivity index (χ1) is 16.2. The number of aliphatic hydroxyl groups is 1. The zero-order valence-corrected chi connectivity index (χ0v) is 20.2. The minimum atomic E-state index is -0.920. The Kier molecular flexibility index (Phi) is 6.43. The van der Waals surface area contributed by atoms with Gasteiger partial charge in [0, 0.05) is 5.69 Å². The summed E-state index contributed by atoms with van der Waals surface area (Å²) in [4.78, 5) is 32.9. The Morgan fingerprint density at radius 3 is 2.44 bits per heavy atom. The SMILES string of the molecule is Cc1nc(C)c(C(=O)C2=C(O)C(=O)N(c3ccc(OCC(C)C)cc3)C2c2cccc(O)c2)s1. The number of hydrogen-bond acceptors (Lipinski definition) is 7. The molecular formula is C26H26N2O5S. The van der Waals surface area contributed by atoms with Crippen LogP contribution in [0.3, 0.4) is 0 Å². The summed E-state index contributed by atoms with van der Waals surface area (Å²) in [7, 11) is 0. The predicted molar refractivity (Wildman–Crippen MR) is 131 cm³/mol. The smallest absolute Gasteiger partial charge is 0.294 e. The second-order valence-electron chi connectivity index (χ2n) is 8.61. The lowest BCUT2D eigenvalue weighted by molar-refractivity contribution is -0.117. The van der Waals surface area contributed by atoms with Gasteiger partial charge < -0.3 is 14.9 Å². The van der Waals surface area contributed by atoms with Gasteiger partial charge in [0.2, 0.25) is 5.78 Å². The van der Waals surface area contributed by atoms with Gasteiger partial charge in [-0.2, -0.15) is 0 Å². The number of Topliss-reactive ketones (excluding diaryl/α,β-unsaturated/α-hetero) is 1. The van der Waals surface area contributed by atoms with Crippen LogP contribution in [-0.4, -0.2) is 33.5 Å². The lowest BCUT2D eigenvalue weighted by Gasteiger charge is -2.27. The van der Waals surface area contributed by atoms with Crippen molar-refractivity contribution in [3.63, 3.8) is 0 Å². The topological polar surface area (TPSA) is 100.0 Å². The number of aliphatic hydroxyl groups excluding tert-OH is 1. The normalized spacial score (nSPS) is 16.0. The summed E-state index contributed by atoms with van der Waals surface area (Å²) >= 11 is 1.22. The number of aromatic nitrogens is 1. The van der Waals surface area contributed by atoms with E-state index in [-0.39, 0.29) is 11.3 Å². The molecule has 3 aromatic rings. The largest absolute Gasteiger partial charge is 0.508 e. The van der Waals surface area contributed by atoms with E-state index < -0.39 is 23.5 Å². The Morgan fingerprint density at radius 1 is 1.15 bits per heavy atom. The molecule has 0 saturated heterocycles. The van der Waals surface area contributed by atoms with Crippen LogP contribution in [0.5, 0.6) is 11.5 Å². The molecular weight excluding hydrogens is 452 g/mol. The van der Waals surface area contributed by atoms with E-state index in [0.29, 0.717) is 45.1 Å². The number of ketones is 1. The first-order valence-electron chi connectivity index (χ1n) is 10.9. The molecule has 1 unspecified atom stereocenters. The number of rotatable bonds is 7. The number of ether oxygens (including phenoxy) is 1. The molecule has 0 spiro atoms. The minimum absolute atomic E-state index is 0.00895. The predicted octanol–water partition coefficient (Wildman–Crippen LogP) is 5.28. The number of hydrogen-bond donors (Lipinski definition) is 2. The van der Waals surface area contributed by atoms with Gasteiger partial charge >= 0.3 is 0 Å². The molecule has 0 radical (unpaired) electrons. The van der Waals surface area contributed by atoms with Crippen LogP contribution in [0.25, 0.3) is 0 Å². The van der Waals surface area contributed by atoms with Crippen LogP contribution in [-0.2, 0) is 4.79 Å². The molecule has 2 N–H and O–H groups in total. The summed E-state index contributed by atoms with van der Waals surface area (Å²) < 4.78 is 5.74. The van der Waals surface area contributed by atoms with Gasteiger partial charge in [-0.1, -0.05) is 26.0 Å². The van der Waals surface area contributed by atoms with Crippen molar-refractivity contribution in [2.24, 2.45) is 5.92 Å². The molecule has 0 aliphatic carbocycles. The summed E-state index contributed by atoms with van der Waals surface area (Å²) in [5.41, 5.74) is 1.49. The number of aromatic hydroxyl groups is 1. The molecule has 0 bridgehead atoms. The number of phenolic OH excluding ortho intramolecular Hbond substituents is 1. The first kappa shape index (κ1) is 23.5. The lowest BCUT2D eigenvalue weighted by Crippen LogP contribution is -2.31. The van der Waals surface area contributed by atoms with Crippen molar-refractivity contribution >= 4 is 28.7 Å². The van der Waals surface area contributed by atoms with Crippen molar-refractivity contribution in [3.8, 4) is 11.5 Å². The quantitative estimate of drug-likeness (QED) is 0.448. The van der Waals surface area contributed by atoms with Gasteiger partial charge in [-0.05, 0) is 61.7 Å². The van der Waals surface area contributed by atoms with Crippen LogP contribution in [0, 0.1) is 19.8 Å². The van der Waals surface area contributed by atoms with Crippen LogP contribution in [0.2, 0.25) is 0 Å². The van der Waals surface area contributed by atoms with Gasteiger partial charge in [-0.15, -0.1) is 11.3 Å². The first-order valence-corrected chi connectivity index (χ1v) is 11.8. The highest BCUT2D eigenvalue weighted by Crippen LogP contribution is 2.43. The van der Waals surface area contributed by atoms with Crippen LogP contribution >= 0.6 is 11.3 Å². The monoisotopic (exact) mass is 478 g/mol. The molecule has 8 heteroatoms. The summed E-state index contributed by atoms with van der Waals surface area (Å²) in [5.74, 6) is -0.742. The molecule has 34 heavy (non-hydrogen) atoms. The average molecular weight is 479 g/mol. The third-order valence-electron chi connectivity index (χ3n) is 5.45. The van der Waals surface area contributed by atoms with E-state index in [4.69, 9.17) is 4.74 Å². The van der Waals surface area contributed by atoms with Crippen LogP contribution in [0.1, 0.15) is 45.8 Å².